The Hall–Kier alpha value is -1.80. The second kappa shape index (κ2) is 7.46. The highest BCUT2D eigenvalue weighted by molar-refractivity contribution is 6.30. The van der Waals surface area contributed by atoms with Crippen molar-refractivity contribution in [3.63, 3.8) is 0 Å². The second-order valence-electron chi connectivity index (χ2n) is 5.02. The van der Waals surface area contributed by atoms with E-state index in [1.807, 2.05) is 48.5 Å². The second-order valence-corrected chi connectivity index (χ2v) is 5.46. The highest BCUT2D eigenvalue weighted by atomic mass is 35.5. The van der Waals surface area contributed by atoms with Gasteiger partial charge in [0.2, 0.25) is 0 Å². The first-order valence-corrected chi connectivity index (χ1v) is 7.28. The maximum absolute atomic E-state index is 6.37. The maximum atomic E-state index is 6.37. The average molecular weight is 330 g/mol. The van der Waals surface area contributed by atoms with Gasteiger partial charge < -0.3 is 5.73 Å². The van der Waals surface area contributed by atoms with Gasteiger partial charge in [-0.3, -0.25) is 0 Å². The molecular weight excluding hydrogens is 313 g/mol. The zero-order valence-corrected chi connectivity index (χ0v) is 13.5. The summed E-state index contributed by atoms with van der Waals surface area (Å²) in [5.41, 5.74) is 10.9. The van der Waals surface area contributed by atoms with Crippen LogP contribution in [0.2, 0.25) is 5.02 Å². The van der Waals surface area contributed by atoms with Gasteiger partial charge >= 0.3 is 0 Å². The molecule has 0 fully saturated rings. The van der Waals surface area contributed by atoms with Crippen LogP contribution in [0.25, 0.3) is 11.1 Å². The smallest absolute Gasteiger partial charge is 0.0551 e. The van der Waals surface area contributed by atoms with E-state index in [2.05, 4.69) is 30.3 Å². The minimum absolute atomic E-state index is 0. The van der Waals surface area contributed by atoms with Gasteiger partial charge in [-0.2, -0.15) is 0 Å². The average Bonchev–Trinajstić information content (AvgIpc) is 2.56. The van der Waals surface area contributed by atoms with E-state index in [1.54, 1.807) is 0 Å². The Kier molecular flexibility index (Phi) is 5.62. The minimum atomic E-state index is -0.147. The predicted molar refractivity (Wildman–Crippen MR) is 96.6 cm³/mol. The summed E-state index contributed by atoms with van der Waals surface area (Å²) in [6.45, 7) is 0. The zero-order valence-electron chi connectivity index (χ0n) is 11.9. The van der Waals surface area contributed by atoms with E-state index in [-0.39, 0.29) is 18.4 Å². The summed E-state index contributed by atoms with van der Waals surface area (Å²) in [5.74, 6) is 0. The van der Waals surface area contributed by atoms with Gasteiger partial charge in [0.15, 0.2) is 0 Å². The lowest BCUT2D eigenvalue weighted by Gasteiger charge is -2.14. The molecule has 0 unspecified atom stereocenters. The molecule has 3 rings (SSSR count). The van der Waals surface area contributed by atoms with Crippen molar-refractivity contribution in [1.82, 2.24) is 0 Å². The van der Waals surface area contributed by atoms with E-state index < -0.39 is 0 Å². The lowest BCUT2D eigenvalue weighted by molar-refractivity contribution is 0.872. The molecule has 0 saturated heterocycles. The minimum Gasteiger partial charge on any atom is -0.320 e. The first-order chi connectivity index (χ1) is 10.2. The van der Waals surface area contributed by atoms with Gasteiger partial charge in [-0.1, -0.05) is 72.3 Å². The van der Waals surface area contributed by atoms with Crippen LogP contribution in [-0.4, -0.2) is 0 Å². The number of halogens is 2. The van der Waals surface area contributed by atoms with E-state index in [9.17, 15) is 0 Å². The molecule has 3 heteroatoms. The quantitative estimate of drug-likeness (QED) is 0.676. The van der Waals surface area contributed by atoms with Crippen LogP contribution in [-0.2, 0) is 0 Å². The molecule has 3 aromatic rings. The van der Waals surface area contributed by atoms with Crippen molar-refractivity contribution in [2.75, 3.05) is 0 Å². The Morgan fingerprint density at radius 2 is 1.32 bits per heavy atom. The Labute approximate surface area is 142 Å². The van der Waals surface area contributed by atoms with Crippen LogP contribution in [0.3, 0.4) is 0 Å². The van der Waals surface area contributed by atoms with Crippen LogP contribution in [0.4, 0.5) is 0 Å². The van der Waals surface area contributed by atoms with Crippen LogP contribution in [0.5, 0.6) is 0 Å². The molecule has 3 aromatic carbocycles. The van der Waals surface area contributed by atoms with Gasteiger partial charge in [-0.25, -0.2) is 0 Å². The van der Waals surface area contributed by atoms with Gasteiger partial charge in [-0.15, -0.1) is 12.4 Å². The molecule has 1 atom stereocenters. The summed E-state index contributed by atoms with van der Waals surface area (Å²) in [4.78, 5) is 0. The highest BCUT2D eigenvalue weighted by Crippen LogP contribution is 2.26. The molecule has 0 aliphatic carbocycles. The predicted octanol–water partition coefficient (Wildman–Crippen LogP) is 5.48. The van der Waals surface area contributed by atoms with Crippen LogP contribution in [0.1, 0.15) is 17.2 Å². The van der Waals surface area contributed by atoms with Gasteiger partial charge in [0.1, 0.15) is 0 Å². The van der Waals surface area contributed by atoms with Crippen molar-refractivity contribution < 1.29 is 0 Å². The molecule has 1 nitrogen and oxygen atoms in total. The van der Waals surface area contributed by atoms with Gasteiger partial charge in [-0.05, 0) is 40.5 Å². The third-order valence-corrected chi connectivity index (χ3v) is 3.83. The number of rotatable bonds is 3. The largest absolute Gasteiger partial charge is 0.320 e. The van der Waals surface area contributed by atoms with Crippen molar-refractivity contribution in [1.29, 1.82) is 0 Å². The Balaban J connectivity index is 0.00000176. The van der Waals surface area contributed by atoms with E-state index >= 15 is 0 Å². The molecule has 0 spiro atoms. The van der Waals surface area contributed by atoms with Crippen molar-refractivity contribution in [2.24, 2.45) is 5.73 Å². The molecule has 0 saturated carbocycles. The third kappa shape index (κ3) is 3.69. The molecule has 0 heterocycles. The standard InChI is InChI=1S/C19H16ClN.ClH/c20-18-11-9-15(10-12-18)19(21)17-8-4-7-16(13-17)14-5-2-1-3-6-14;/h1-13,19H,21H2;1H/t19-;/m0./s1. The number of benzene rings is 3. The van der Waals surface area contributed by atoms with Crippen LogP contribution in [0.15, 0.2) is 78.9 Å². The van der Waals surface area contributed by atoms with Crippen LogP contribution in [0, 0.1) is 0 Å². The normalized spacial score (nSPS) is 11.5. The number of nitrogens with two attached hydrogens (primary N) is 1. The molecule has 0 amide bonds. The first-order valence-electron chi connectivity index (χ1n) is 6.90. The fourth-order valence-electron chi connectivity index (χ4n) is 2.40. The summed E-state index contributed by atoms with van der Waals surface area (Å²) in [6.07, 6.45) is 0. The molecular formula is C19H17Cl2N. The topological polar surface area (TPSA) is 26.0 Å². The Morgan fingerprint density at radius 1 is 0.682 bits per heavy atom. The SMILES string of the molecule is Cl.N[C@@H](c1ccc(Cl)cc1)c1cccc(-c2ccccc2)c1. The van der Waals surface area contributed by atoms with E-state index in [0.29, 0.717) is 0 Å². The van der Waals surface area contributed by atoms with Crippen LogP contribution >= 0.6 is 24.0 Å². The lowest BCUT2D eigenvalue weighted by atomic mass is 9.96. The molecule has 0 aliphatic heterocycles. The molecule has 112 valence electrons. The third-order valence-electron chi connectivity index (χ3n) is 3.58. The summed E-state index contributed by atoms with van der Waals surface area (Å²) in [7, 11) is 0. The van der Waals surface area contributed by atoms with Crippen molar-refractivity contribution in [3.8, 4) is 11.1 Å². The van der Waals surface area contributed by atoms with Gasteiger partial charge in [0.05, 0.1) is 6.04 Å². The maximum Gasteiger partial charge on any atom is 0.0551 e. The van der Waals surface area contributed by atoms with Gasteiger partial charge in [0, 0.05) is 5.02 Å². The summed E-state index contributed by atoms with van der Waals surface area (Å²) in [5, 5.41) is 0.726. The molecule has 2 N–H and O–H groups in total. The Morgan fingerprint density at radius 3 is 2.00 bits per heavy atom. The number of hydrogen-bond acceptors (Lipinski definition) is 1. The molecule has 0 bridgehead atoms. The van der Waals surface area contributed by atoms with Crippen LogP contribution < -0.4 is 5.73 Å². The van der Waals surface area contributed by atoms with E-state index in [4.69, 9.17) is 17.3 Å². The molecule has 0 radical (unpaired) electrons. The fraction of sp³-hybridized carbons (Fsp3) is 0.0526. The zero-order chi connectivity index (χ0) is 14.7. The summed E-state index contributed by atoms with van der Waals surface area (Å²) in [6, 6.07) is 26.2. The summed E-state index contributed by atoms with van der Waals surface area (Å²) >= 11 is 5.93. The van der Waals surface area contributed by atoms with Crippen molar-refractivity contribution in [3.05, 3.63) is 95.0 Å². The van der Waals surface area contributed by atoms with E-state index in [0.717, 1.165) is 16.1 Å². The lowest BCUT2D eigenvalue weighted by Crippen LogP contribution is -2.11. The monoisotopic (exact) mass is 329 g/mol. The summed E-state index contributed by atoms with van der Waals surface area (Å²) < 4.78 is 0. The van der Waals surface area contributed by atoms with E-state index in [1.165, 1.54) is 11.1 Å². The Bertz CT molecular complexity index is 724. The molecule has 22 heavy (non-hydrogen) atoms. The highest BCUT2D eigenvalue weighted by Gasteiger charge is 2.09. The van der Waals surface area contributed by atoms with Gasteiger partial charge in [0.25, 0.3) is 0 Å². The van der Waals surface area contributed by atoms with Crippen molar-refractivity contribution in [2.45, 2.75) is 6.04 Å². The molecule has 0 aliphatic rings. The molecule has 0 aromatic heterocycles. The number of hydrogen-bond donors (Lipinski definition) is 1. The first kappa shape index (κ1) is 16.6. The fourth-order valence-corrected chi connectivity index (χ4v) is 2.53. The van der Waals surface area contributed by atoms with Crippen molar-refractivity contribution >= 4 is 24.0 Å².